The van der Waals surface area contributed by atoms with Gasteiger partial charge in [-0.3, -0.25) is 0 Å². The van der Waals surface area contributed by atoms with E-state index in [1.54, 1.807) is 45.2 Å². The molecule has 0 aliphatic rings. The van der Waals surface area contributed by atoms with Gasteiger partial charge in [-0.2, -0.15) is 0 Å². The first kappa shape index (κ1) is 20.0. The third-order valence-corrected chi connectivity index (χ3v) is 4.12. The van der Waals surface area contributed by atoms with E-state index in [9.17, 15) is 4.79 Å². The molecule has 0 amide bonds. The van der Waals surface area contributed by atoms with Gasteiger partial charge in [-0.1, -0.05) is 35.5 Å². The highest BCUT2D eigenvalue weighted by atomic mass is 16.5. The lowest BCUT2D eigenvalue weighted by Gasteiger charge is -2.15. The van der Waals surface area contributed by atoms with E-state index >= 15 is 0 Å². The standard InChI is InChI=1S/C21H23NO5/c1-5-17(21(23)26-4)18-9-7-6-8-16(18)13-27-19-11-10-15(14(2)22-24)12-20(19)25-3/h5-12,24H,13H2,1-4H3/b17-5?,22-14-. The number of allylic oxidation sites excluding steroid dienone is 1. The van der Waals surface area contributed by atoms with Crippen LogP contribution in [0.5, 0.6) is 11.5 Å². The Labute approximate surface area is 158 Å². The second-order valence-electron chi connectivity index (χ2n) is 5.69. The molecule has 0 bridgehead atoms. The van der Waals surface area contributed by atoms with Crippen molar-refractivity contribution in [3.05, 3.63) is 65.2 Å². The minimum absolute atomic E-state index is 0.243. The first-order valence-electron chi connectivity index (χ1n) is 8.38. The van der Waals surface area contributed by atoms with Gasteiger partial charge >= 0.3 is 5.97 Å². The number of carbonyl (C=O) groups is 1. The average Bonchev–Trinajstić information content (AvgIpc) is 2.72. The van der Waals surface area contributed by atoms with Crippen LogP contribution in [-0.2, 0) is 16.1 Å². The molecule has 27 heavy (non-hydrogen) atoms. The fourth-order valence-electron chi connectivity index (χ4n) is 2.63. The molecule has 0 atom stereocenters. The first-order valence-corrected chi connectivity index (χ1v) is 8.38. The number of hydrogen-bond acceptors (Lipinski definition) is 6. The van der Waals surface area contributed by atoms with Crippen molar-refractivity contribution in [2.45, 2.75) is 20.5 Å². The van der Waals surface area contributed by atoms with Crippen LogP contribution in [0.2, 0.25) is 0 Å². The fraction of sp³-hybridized carbons (Fsp3) is 0.238. The van der Waals surface area contributed by atoms with Gasteiger partial charge in [0.15, 0.2) is 11.5 Å². The summed E-state index contributed by atoms with van der Waals surface area (Å²) < 4.78 is 16.2. The number of benzene rings is 2. The monoisotopic (exact) mass is 369 g/mol. The van der Waals surface area contributed by atoms with Crippen LogP contribution >= 0.6 is 0 Å². The minimum Gasteiger partial charge on any atom is -0.493 e. The Morgan fingerprint density at radius 3 is 2.52 bits per heavy atom. The summed E-state index contributed by atoms with van der Waals surface area (Å²) >= 11 is 0. The van der Waals surface area contributed by atoms with Gasteiger partial charge in [-0.05, 0) is 43.2 Å². The van der Waals surface area contributed by atoms with Crippen molar-refractivity contribution in [1.29, 1.82) is 0 Å². The summed E-state index contributed by atoms with van der Waals surface area (Å²) in [7, 11) is 2.90. The molecule has 0 unspecified atom stereocenters. The quantitative estimate of drug-likeness (QED) is 0.262. The molecule has 0 saturated heterocycles. The first-order chi connectivity index (χ1) is 13.0. The van der Waals surface area contributed by atoms with Gasteiger partial charge in [0.05, 0.1) is 25.5 Å². The second-order valence-corrected chi connectivity index (χ2v) is 5.69. The Morgan fingerprint density at radius 2 is 1.89 bits per heavy atom. The zero-order chi connectivity index (χ0) is 19.8. The molecular weight excluding hydrogens is 346 g/mol. The van der Waals surface area contributed by atoms with Gasteiger partial charge in [0, 0.05) is 5.56 Å². The highest BCUT2D eigenvalue weighted by molar-refractivity contribution is 6.16. The molecule has 0 aliphatic carbocycles. The molecular formula is C21H23NO5. The van der Waals surface area contributed by atoms with Crippen LogP contribution in [-0.4, -0.2) is 31.1 Å². The van der Waals surface area contributed by atoms with E-state index in [0.717, 1.165) is 16.7 Å². The Bertz CT molecular complexity index is 871. The maximum absolute atomic E-state index is 12.0. The van der Waals surface area contributed by atoms with Crippen LogP contribution in [0.15, 0.2) is 53.7 Å². The van der Waals surface area contributed by atoms with E-state index in [2.05, 4.69) is 5.16 Å². The molecule has 2 rings (SSSR count). The third kappa shape index (κ3) is 4.67. The van der Waals surface area contributed by atoms with E-state index in [1.807, 2.05) is 24.3 Å². The van der Waals surface area contributed by atoms with Crippen LogP contribution in [0, 0.1) is 0 Å². The summed E-state index contributed by atoms with van der Waals surface area (Å²) in [5, 5.41) is 12.1. The van der Waals surface area contributed by atoms with Crippen LogP contribution in [0.4, 0.5) is 0 Å². The van der Waals surface area contributed by atoms with Crippen molar-refractivity contribution in [3.8, 4) is 11.5 Å². The van der Waals surface area contributed by atoms with E-state index in [0.29, 0.717) is 22.8 Å². The number of esters is 1. The Morgan fingerprint density at radius 1 is 1.15 bits per heavy atom. The molecule has 6 nitrogen and oxygen atoms in total. The molecule has 142 valence electrons. The maximum Gasteiger partial charge on any atom is 0.338 e. The van der Waals surface area contributed by atoms with Crippen LogP contribution in [0.3, 0.4) is 0 Å². The van der Waals surface area contributed by atoms with Crippen molar-refractivity contribution < 1.29 is 24.2 Å². The van der Waals surface area contributed by atoms with Crippen molar-refractivity contribution in [2.75, 3.05) is 14.2 Å². The zero-order valence-electron chi connectivity index (χ0n) is 15.9. The molecule has 0 radical (unpaired) electrons. The van der Waals surface area contributed by atoms with Crippen LogP contribution in [0.1, 0.15) is 30.5 Å². The number of hydrogen-bond donors (Lipinski definition) is 1. The van der Waals surface area contributed by atoms with Crippen LogP contribution in [0.25, 0.3) is 5.57 Å². The summed E-state index contributed by atoms with van der Waals surface area (Å²) in [4.78, 5) is 12.0. The molecule has 2 aromatic carbocycles. The number of carbonyl (C=O) groups excluding carboxylic acids is 1. The largest absolute Gasteiger partial charge is 0.493 e. The number of rotatable bonds is 7. The highest BCUT2D eigenvalue weighted by Crippen LogP contribution is 2.30. The molecule has 0 fully saturated rings. The topological polar surface area (TPSA) is 77.4 Å². The van der Waals surface area contributed by atoms with Gasteiger partial charge in [0.2, 0.25) is 0 Å². The van der Waals surface area contributed by atoms with Gasteiger partial charge in [0.1, 0.15) is 6.61 Å². The van der Waals surface area contributed by atoms with Gasteiger partial charge in [-0.15, -0.1) is 0 Å². The molecule has 0 aliphatic heterocycles. The fourth-order valence-corrected chi connectivity index (χ4v) is 2.63. The smallest absolute Gasteiger partial charge is 0.338 e. The van der Waals surface area contributed by atoms with Crippen molar-refractivity contribution in [3.63, 3.8) is 0 Å². The van der Waals surface area contributed by atoms with E-state index in [4.69, 9.17) is 19.4 Å². The van der Waals surface area contributed by atoms with Gasteiger partial charge < -0.3 is 19.4 Å². The van der Waals surface area contributed by atoms with Crippen molar-refractivity contribution in [2.24, 2.45) is 5.16 Å². The lowest BCUT2D eigenvalue weighted by atomic mass is 10.00. The Hall–Kier alpha value is -3.28. The average molecular weight is 369 g/mol. The third-order valence-electron chi connectivity index (χ3n) is 4.12. The molecule has 2 aromatic rings. The minimum atomic E-state index is -0.398. The lowest BCUT2D eigenvalue weighted by molar-refractivity contribution is -0.133. The summed E-state index contributed by atoms with van der Waals surface area (Å²) in [6.07, 6.45) is 1.72. The summed E-state index contributed by atoms with van der Waals surface area (Å²) in [5.41, 5.74) is 3.28. The number of oxime groups is 1. The molecule has 1 N–H and O–H groups in total. The summed E-state index contributed by atoms with van der Waals surface area (Å²) in [6.45, 7) is 3.72. The Balaban J connectivity index is 2.29. The second kappa shape index (κ2) is 9.43. The predicted octanol–water partition coefficient (Wildman–Crippen LogP) is 4.05. The molecule has 0 saturated carbocycles. The number of ether oxygens (including phenoxy) is 3. The molecule has 0 spiro atoms. The molecule has 0 aromatic heterocycles. The van der Waals surface area contributed by atoms with Gasteiger partial charge in [0.25, 0.3) is 0 Å². The highest BCUT2D eigenvalue weighted by Gasteiger charge is 2.16. The summed E-state index contributed by atoms with van der Waals surface area (Å²) in [6, 6.07) is 12.8. The molecule has 0 heterocycles. The van der Waals surface area contributed by atoms with Crippen molar-refractivity contribution in [1.82, 2.24) is 0 Å². The van der Waals surface area contributed by atoms with Gasteiger partial charge in [-0.25, -0.2) is 4.79 Å². The van der Waals surface area contributed by atoms with E-state index in [-0.39, 0.29) is 6.61 Å². The van der Waals surface area contributed by atoms with Crippen molar-refractivity contribution >= 4 is 17.3 Å². The predicted molar refractivity (Wildman–Crippen MR) is 103 cm³/mol. The van der Waals surface area contributed by atoms with Crippen LogP contribution < -0.4 is 9.47 Å². The van der Waals surface area contributed by atoms with E-state index < -0.39 is 5.97 Å². The van der Waals surface area contributed by atoms with E-state index in [1.165, 1.54) is 7.11 Å². The normalized spacial score (nSPS) is 11.9. The number of nitrogens with zero attached hydrogens (tertiary/aromatic N) is 1. The zero-order valence-corrected chi connectivity index (χ0v) is 15.9. The molecule has 6 heteroatoms. The number of methoxy groups -OCH3 is 2. The lowest BCUT2D eigenvalue weighted by Crippen LogP contribution is -2.08. The maximum atomic E-state index is 12.0. The summed E-state index contributed by atoms with van der Waals surface area (Å²) in [5.74, 6) is 0.666. The Kier molecular flexibility index (Phi) is 7.00. The SMILES string of the molecule is CC=C(C(=O)OC)c1ccccc1COc1ccc(/C(C)=N\O)cc1OC.